The van der Waals surface area contributed by atoms with Gasteiger partial charge in [0.1, 0.15) is 0 Å². The van der Waals surface area contributed by atoms with Gasteiger partial charge in [-0.2, -0.15) is 0 Å². The predicted molar refractivity (Wildman–Crippen MR) is 45.3 cm³/mol. The first-order valence-corrected chi connectivity index (χ1v) is 4.54. The summed E-state index contributed by atoms with van der Waals surface area (Å²) in [5.74, 6) is -1.65. The maximum Gasteiger partial charge on any atom is 0.338 e. The Morgan fingerprint density at radius 2 is 2.00 bits per heavy atom. The normalized spacial score (nSPS) is 31.2. The summed E-state index contributed by atoms with van der Waals surface area (Å²) < 4.78 is 18.1. The minimum atomic E-state index is -1.70. The average molecular weight is 190 g/mol. The van der Waals surface area contributed by atoms with Gasteiger partial charge in [0.05, 0.1) is 6.10 Å². The van der Waals surface area contributed by atoms with Gasteiger partial charge in [-0.05, 0) is 25.7 Å². The first kappa shape index (κ1) is 10.4. The number of halogens is 1. The summed E-state index contributed by atoms with van der Waals surface area (Å²) in [7, 11) is 1.63. The van der Waals surface area contributed by atoms with Crippen molar-refractivity contribution in [2.45, 2.75) is 38.0 Å². The number of methoxy groups -OCH3 is 1. The highest BCUT2D eigenvalue weighted by Crippen LogP contribution is 2.29. The third kappa shape index (κ3) is 2.66. The van der Waals surface area contributed by atoms with Crippen LogP contribution in [0.5, 0.6) is 0 Å². The van der Waals surface area contributed by atoms with Gasteiger partial charge < -0.3 is 9.84 Å². The highest BCUT2D eigenvalue weighted by Gasteiger charge is 2.31. The first-order valence-electron chi connectivity index (χ1n) is 4.54. The van der Waals surface area contributed by atoms with Gasteiger partial charge in [-0.1, -0.05) is 0 Å². The van der Waals surface area contributed by atoms with Gasteiger partial charge >= 0.3 is 5.97 Å². The molecular formula is C9H15FO3. The fourth-order valence-corrected chi connectivity index (χ4v) is 1.82. The van der Waals surface area contributed by atoms with Gasteiger partial charge in [0.15, 0.2) is 6.17 Å². The lowest BCUT2D eigenvalue weighted by atomic mass is 9.84. The summed E-state index contributed by atoms with van der Waals surface area (Å²) in [5.41, 5.74) is 0. The molecule has 3 nitrogen and oxygen atoms in total. The van der Waals surface area contributed by atoms with Crippen LogP contribution in [0.4, 0.5) is 4.39 Å². The van der Waals surface area contributed by atoms with E-state index >= 15 is 0 Å². The highest BCUT2D eigenvalue weighted by atomic mass is 19.1. The summed E-state index contributed by atoms with van der Waals surface area (Å²) in [6.45, 7) is 0. The molecule has 0 aromatic rings. The van der Waals surface area contributed by atoms with Crippen molar-refractivity contribution in [1.82, 2.24) is 0 Å². The van der Waals surface area contributed by atoms with Crippen LogP contribution in [0.2, 0.25) is 0 Å². The Balaban J connectivity index is 2.36. The molecule has 1 aliphatic rings. The number of alkyl halides is 1. The van der Waals surface area contributed by atoms with E-state index in [4.69, 9.17) is 9.84 Å². The lowest BCUT2D eigenvalue weighted by Gasteiger charge is -2.27. The number of hydrogen-bond acceptors (Lipinski definition) is 2. The average Bonchev–Trinajstić information content (AvgIpc) is 2.17. The SMILES string of the molecule is COC1CCC(C(F)C(=O)O)CC1. The van der Waals surface area contributed by atoms with Gasteiger partial charge in [-0.15, -0.1) is 0 Å². The lowest BCUT2D eigenvalue weighted by Crippen LogP contribution is -2.30. The van der Waals surface area contributed by atoms with Crippen molar-refractivity contribution in [3.8, 4) is 0 Å². The Morgan fingerprint density at radius 3 is 2.38 bits per heavy atom. The number of aliphatic carboxylic acids is 1. The molecular weight excluding hydrogens is 175 g/mol. The standard InChI is InChI=1S/C9H15FO3/c1-13-7-4-2-6(3-5-7)8(10)9(11)12/h6-8H,2-5H2,1H3,(H,11,12). The zero-order chi connectivity index (χ0) is 9.84. The maximum atomic E-state index is 13.0. The zero-order valence-electron chi connectivity index (χ0n) is 7.70. The molecule has 0 spiro atoms. The Morgan fingerprint density at radius 1 is 1.46 bits per heavy atom. The molecule has 0 aliphatic heterocycles. The summed E-state index contributed by atoms with van der Waals surface area (Å²) in [4.78, 5) is 10.3. The minimum Gasteiger partial charge on any atom is -0.479 e. The van der Waals surface area contributed by atoms with Crippen LogP contribution in [0.3, 0.4) is 0 Å². The van der Waals surface area contributed by atoms with E-state index in [9.17, 15) is 9.18 Å². The van der Waals surface area contributed by atoms with E-state index in [1.807, 2.05) is 0 Å². The van der Waals surface area contributed by atoms with Crippen LogP contribution in [0, 0.1) is 5.92 Å². The van der Waals surface area contributed by atoms with E-state index < -0.39 is 12.1 Å². The monoisotopic (exact) mass is 190 g/mol. The molecule has 0 heterocycles. The van der Waals surface area contributed by atoms with Crippen molar-refractivity contribution < 1.29 is 19.0 Å². The first-order chi connectivity index (χ1) is 6.15. The van der Waals surface area contributed by atoms with Gasteiger partial charge in [0.2, 0.25) is 0 Å². The molecule has 0 saturated heterocycles. The molecule has 1 N–H and O–H groups in total. The Labute approximate surface area is 76.9 Å². The molecule has 0 radical (unpaired) electrons. The third-order valence-corrected chi connectivity index (χ3v) is 2.70. The Bertz CT molecular complexity index is 176. The summed E-state index contributed by atoms with van der Waals surface area (Å²) in [6.07, 6.45) is 1.27. The fraction of sp³-hybridized carbons (Fsp3) is 0.889. The van der Waals surface area contributed by atoms with Crippen molar-refractivity contribution in [3.05, 3.63) is 0 Å². The summed E-state index contributed by atoms with van der Waals surface area (Å²) in [5, 5.41) is 8.45. The van der Waals surface area contributed by atoms with Crippen molar-refractivity contribution >= 4 is 5.97 Å². The van der Waals surface area contributed by atoms with Crippen LogP contribution < -0.4 is 0 Å². The zero-order valence-corrected chi connectivity index (χ0v) is 7.70. The molecule has 1 saturated carbocycles. The number of rotatable bonds is 3. The van der Waals surface area contributed by atoms with Crippen molar-refractivity contribution in [3.63, 3.8) is 0 Å². The Hall–Kier alpha value is -0.640. The second kappa shape index (κ2) is 4.56. The summed E-state index contributed by atoms with van der Waals surface area (Å²) >= 11 is 0. The third-order valence-electron chi connectivity index (χ3n) is 2.70. The van der Waals surface area contributed by atoms with E-state index in [1.165, 1.54) is 0 Å². The molecule has 0 aromatic carbocycles. The molecule has 4 heteroatoms. The topological polar surface area (TPSA) is 46.5 Å². The van der Waals surface area contributed by atoms with Crippen LogP contribution in [0.1, 0.15) is 25.7 Å². The van der Waals surface area contributed by atoms with Gasteiger partial charge in [-0.3, -0.25) is 0 Å². The van der Waals surface area contributed by atoms with Gasteiger partial charge in [-0.25, -0.2) is 9.18 Å². The lowest BCUT2D eigenvalue weighted by molar-refractivity contribution is -0.145. The van der Waals surface area contributed by atoms with Crippen molar-refractivity contribution in [2.75, 3.05) is 7.11 Å². The molecule has 0 aromatic heterocycles. The molecule has 13 heavy (non-hydrogen) atoms. The van der Waals surface area contributed by atoms with E-state index in [2.05, 4.69) is 0 Å². The second-order valence-corrected chi connectivity index (χ2v) is 3.51. The smallest absolute Gasteiger partial charge is 0.338 e. The van der Waals surface area contributed by atoms with E-state index in [0.717, 1.165) is 12.8 Å². The van der Waals surface area contributed by atoms with Crippen LogP contribution >= 0.6 is 0 Å². The number of hydrogen-bond donors (Lipinski definition) is 1. The molecule has 1 aliphatic carbocycles. The Kier molecular flexibility index (Phi) is 3.66. The molecule has 1 rings (SSSR count). The molecule has 0 amide bonds. The van der Waals surface area contributed by atoms with Crippen LogP contribution in [-0.2, 0) is 9.53 Å². The quantitative estimate of drug-likeness (QED) is 0.735. The van der Waals surface area contributed by atoms with Gasteiger partial charge in [0.25, 0.3) is 0 Å². The van der Waals surface area contributed by atoms with Crippen LogP contribution in [0.15, 0.2) is 0 Å². The molecule has 1 atom stereocenters. The molecule has 1 unspecified atom stereocenters. The van der Waals surface area contributed by atoms with Crippen LogP contribution in [-0.4, -0.2) is 30.5 Å². The number of ether oxygens (including phenoxy) is 1. The van der Waals surface area contributed by atoms with Gasteiger partial charge in [0, 0.05) is 13.0 Å². The highest BCUT2D eigenvalue weighted by molar-refractivity contribution is 5.72. The van der Waals surface area contributed by atoms with Crippen LogP contribution in [0.25, 0.3) is 0 Å². The van der Waals surface area contributed by atoms with Crippen molar-refractivity contribution in [2.24, 2.45) is 5.92 Å². The fourth-order valence-electron chi connectivity index (χ4n) is 1.82. The number of carbonyl (C=O) groups is 1. The van der Waals surface area contributed by atoms with Crippen molar-refractivity contribution in [1.29, 1.82) is 0 Å². The molecule has 76 valence electrons. The van der Waals surface area contributed by atoms with E-state index in [1.54, 1.807) is 7.11 Å². The number of carboxylic acids is 1. The van der Waals surface area contributed by atoms with E-state index in [-0.39, 0.29) is 12.0 Å². The number of carboxylic acid groups (broad SMARTS) is 1. The summed E-state index contributed by atoms with van der Waals surface area (Å²) in [6, 6.07) is 0. The maximum absolute atomic E-state index is 13.0. The van der Waals surface area contributed by atoms with E-state index in [0.29, 0.717) is 12.8 Å². The molecule has 1 fully saturated rings. The molecule has 0 bridgehead atoms. The second-order valence-electron chi connectivity index (χ2n) is 3.51. The minimum absolute atomic E-state index is 0.192. The predicted octanol–water partition coefficient (Wildman–Crippen LogP) is 1.61. The largest absolute Gasteiger partial charge is 0.479 e.